The maximum absolute atomic E-state index is 8.62. The minimum Gasteiger partial charge on any atom is -0.395 e. The number of nitrogens with one attached hydrogen (secondary N) is 1. The lowest BCUT2D eigenvalue weighted by molar-refractivity contribution is -0.857. The minimum atomic E-state index is 0.0392. The number of hydrogen-bond donors (Lipinski definition) is 4. The number of aliphatic hydroxyl groups is 1. The van der Waals surface area contributed by atoms with E-state index in [1.807, 2.05) is 14.1 Å². The van der Waals surface area contributed by atoms with Gasteiger partial charge >= 0.3 is 0 Å². The molecule has 0 spiro atoms. The molecule has 0 unspecified atom stereocenters. The van der Waals surface area contributed by atoms with Gasteiger partial charge in [0, 0.05) is 6.54 Å². The van der Waals surface area contributed by atoms with Gasteiger partial charge in [0.2, 0.25) is 5.84 Å². The maximum Gasteiger partial charge on any atom is 0.252 e. The zero-order valence-electron chi connectivity index (χ0n) is 7.91. The van der Waals surface area contributed by atoms with Crippen LogP contribution in [0.1, 0.15) is 0 Å². The molecule has 74 valence electrons. The van der Waals surface area contributed by atoms with Crippen LogP contribution in [0.15, 0.2) is 16.6 Å². The number of hydrogen-bond acceptors (Lipinski definition) is 5. The monoisotopic (exact) mass is 186 g/mol. The van der Waals surface area contributed by atoms with Crippen LogP contribution in [0.5, 0.6) is 0 Å². The second-order valence-corrected chi connectivity index (χ2v) is 3.29. The topological polar surface area (TPSA) is 96.7 Å². The molecule has 0 atom stereocenters. The van der Waals surface area contributed by atoms with Gasteiger partial charge < -0.3 is 21.9 Å². The van der Waals surface area contributed by atoms with E-state index in [1.54, 1.807) is 0 Å². The molecular formula is C7H16N5O+. The Morgan fingerprint density at radius 3 is 2.46 bits per heavy atom. The molecule has 0 aromatic heterocycles. The van der Waals surface area contributed by atoms with Crippen LogP contribution in [0.3, 0.4) is 0 Å². The first kappa shape index (κ1) is 9.82. The standard InChI is InChI=1S/C7H16N5O/c1-12(2)7(9)5(6(8)11-12)10-3-4-13/h10,13H,3-4,9H2,1-2H3,(H2,8,11)/q+1. The molecular weight excluding hydrogens is 170 g/mol. The van der Waals surface area contributed by atoms with Crippen molar-refractivity contribution in [2.75, 3.05) is 27.2 Å². The van der Waals surface area contributed by atoms with E-state index in [0.29, 0.717) is 23.9 Å². The lowest BCUT2D eigenvalue weighted by Crippen LogP contribution is -2.36. The summed E-state index contributed by atoms with van der Waals surface area (Å²) in [6, 6.07) is 0. The summed E-state index contributed by atoms with van der Waals surface area (Å²) in [5, 5.41) is 15.7. The highest BCUT2D eigenvalue weighted by Gasteiger charge is 2.33. The number of quaternary nitrogens is 1. The lowest BCUT2D eigenvalue weighted by Gasteiger charge is -2.16. The second-order valence-electron chi connectivity index (χ2n) is 3.29. The third-order valence-electron chi connectivity index (χ3n) is 1.87. The Bertz CT molecular complexity index is 268. The molecule has 1 heterocycles. The second kappa shape index (κ2) is 3.23. The fourth-order valence-corrected chi connectivity index (χ4v) is 1.14. The summed E-state index contributed by atoms with van der Waals surface area (Å²) in [4.78, 5) is 0. The van der Waals surface area contributed by atoms with Crippen LogP contribution in [-0.2, 0) is 0 Å². The summed E-state index contributed by atoms with van der Waals surface area (Å²) in [6.07, 6.45) is 0. The van der Waals surface area contributed by atoms with Crippen LogP contribution in [0.25, 0.3) is 0 Å². The Labute approximate surface area is 77.1 Å². The quantitative estimate of drug-likeness (QED) is 0.385. The number of aliphatic hydroxyl groups excluding tert-OH is 1. The van der Waals surface area contributed by atoms with E-state index in [9.17, 15) is 0 Å². The van der Waals surface area contributed by atoms with Gasteiger partial charge in [-0.3, -0.25) is 0 Å². The Balaban J connectivity index is 2.83. The van der Waals surface area contributed by atoms with Crippen molar-refractivity contribution < 1.29 is 9.70 Å². The van der Waals surface area contributed by atoms with Crippen LogP contribution in [0.2, 0.25) is 0 Å². The smallest absolute Gasteiger partial charge is 0.252 e. The summed E-state index contributed by atoms with van der Waals surface area (Å²) in [6.45, 7) is 0.462. The molecule has 0 amide bonds. The van der Waals surface area contributed by atoms with Crippen molar-refractivity contribution in [2.24, 2.45) is 16.6 Å². The molecule has 1 aliphatic heterocycles. The van der Waals surface area contributed by atoms with Crippen molar-refractivity contribution in [2.45, 2.75) is 0 Å². The van der Waals surface area contributed by atoms with Crippen LogP contribution in [0, 0.1) is 0 Å². The van der Waals surface area contributed by atoms with Crippen molar-refractivity contribution in [3.8, 4) is 0 Å². The van der Waals surface area contributed by atoms with Gasteiger partial charge in [0.1, 0.15) is 0 Å². The van der Waals surface area contributed by atoms with Crippen molar-refractivity contribution in [1.29, 1.82) is 0 Å². The Hall–Kier alpha value is -1.27. The van der Waals surface area contributed by atoms with E-state index >= 15 is 0 Å². The van der Waals surface area contributed by atoms with Crippen LogP contribution in [0.4, 0.5) is 0 Å². The third-order valence-corrected chi connectivity index (χ3v) is 1.87. The largest absolute Gasteiger partial charge is 0.395 e. The lowest BCUT2D eigenvalue weighted by atomic mass is 10.4. The molecule has 13 heavy (non-hydrogen) atoms. The van der Waals surface area contributed by atoms with E-state index in [-0.39, 0.29) is 11.2 Å². The van der Waals surface area contributed by atoms with Gasteiger partial charge in [0.15, 0.2) is 5.70 Å². The number of amidine groups is 1. The average Bonchev–Trinajstić information content (AvgIpc) is 2.21. The number of nitrogens with two attached hydrogens (primary N) is 2. The van der Waals surface area contributed by atoms with Gasteiger partial charge in [0.05, 0.1) is 20.7 Å². The van der Waals surface area contributed by atoms with Gasteiger partial charge in [-0.15, -0.1) is 0 Å². The molecule has 6 heteroatoms. The first-order valence-corrected chi connectivity index (χ1v) is 4.04. The molecule has 6 nitrogen and oxygen atoms in total. The Kier molecular flexibility index (Phi) is 2.44. The molecule has 6 N–H and O–H groups in total. The highest BCUT2D eigenvalue weighted by molar-refractivity contribution is 5.97. The van der Waals surface area contributed by atoms with Crippen LogP contribution in [-0.4, -0.2) is 42.8 Å². The predicted molar refractivity (Wildman–Crippen MR) is 50.0 cm³/mol. The molecule has 0 aliphatic carbocycles. The summed E-state index contributed by atoms with van der Waals surface area (Å²) >= 11 is 0. The molecule has 0 fully saturated rings. The van der Waals surface area contributed by atoms with Crippen molar-refractivity contribution >= 4 is 5.84 Å². The van der Waals surface area contributed by atoms with Crippen molar-refractivity contribution in [3.63, 3.8) is 0 Å². The Morgan fingerprint density at radius 2 is 2.08 bits per heavy atom. The third kappa shape index (κ3) is 1.73. The number of nitrogens with zero attached hydrogens (tertiary/aromatic N) is 2. The van der Waals surface area contributed by atoms with E-state index in [1.165, 1.54) is 0 Å². The van der Waals surface area contributed by atoms with Crippen LogP contribution >= 0.6 is 0 Å². The van der Waals surface area contributed by atoms with E-state index < -0.39 is 0 Å². The zero-order valence-corrected chi connectivity index (χ0v) is 7.91. The summed E-state index contributed by atoms with van der Waals surface area (Å²) in [5.41, 5.74) is 12.1. The molecule has 0 saturated carbocycles. The normalized spacial score (nSPS) is 20.4. The van der Waals surface area contributed by atoms with Gasteiger partial charge in [-0.25, -0.2) is 0 Å². The van der Waals surface area contributed by atoms with E-state index in [4.69, 9.17) is 16.6 Å². The zero-order chi connectivity index (χ0) is 10.1. The molecule has 0 radical (unpaired) electrons. The van der Waals surface area contributed by atoms with E-state index in [0.717, 1.165) is 0 Å². The van der Waals surface area contributed by atoms with Gasteiger partial charge in [0.25, 0.3) is 5.82 Å². The highest BCUT2D eigenvalue weighted by Crippen LogP contribution is 2.17. The first-order valence-electron chi connectivity index (χ1n) is 4.04. The maximum atomic E-state index is 8.62. The molecule has 1 rings (SSSR count). The van der Waals surface area contributed by atoms with Crippen molar-refractivity contribution in [3.05, 3.63) is 11.5 Å². The average molecular weight is 186 g/mol. The SMILES string of the molecule is C[N+]1(C)N=C(N)C(NCCO)=C1N. The van der Waals surface area contributed by atoms with Gasteiger partial charge in [-0.05, 0) is 0 Å². The van der Waals surface area contributed by atoms with Crippen molar-refractivity contribution in [1.82, 2.24) is 5.32 Å². The van der Waals surface area contributed by atoms with Gasteiger partial charge in [-0.1, -0.05) is 5.10 Å². The predicted octanol–water partition coefficient (Wildman–Crippen LogP) is -1.94. The molecule has 0 aromatic rings. The summed E-state index contributed by atoms with van der Waals surface area (Å²) in [7, 11) is 3.66. The molecule has 0 saturated heterocycles. The first-order chi connectivity index (χ1) is 5.99. The Morgan fingerprint density at radius 1 is 1.46 bits per heavy atom. The number of rotatable bonds is 3. The fourth-order valence-electron chi connectivity index (χ4n) is 1.14. The minimum absolute atomic E-state index is 0.0392. The molecule has 0 aromatic carbocycles. The molecule has 0 bridgehead atoms. The highest BCUT2D eigenvalue weighted by atomic mass is 16.3. The van der Waals surface area contributed by atoms with Crippen LogP contribution < -0.4 is 16.8 Å². The summed E-state index contributed by atoms with van der Waals surface area (Å²) in [5.74, 6) is 0.946. The van der Waals surface area contributed by atoms with E-state index in [2.05, 4.69) is 10.4 Å². The summed E-state index contributed by atoms with van der Waals surface area (Å²) < 4.78 is 0.208. The van der Waals surface area contributed by atoms with Gasteiger partial charge in [-0.2, -0.15) is 4.59 Å². The molecule has 1 aliphatic rings. The fraction of sp³-hybridized carbons (Fsp3) is 0.571.